The van der Waals surface area contributed by atoms with Gasteiger partial charge in [-0.05, 0) is 19.9 Å². The molecule has 2 atom stereocenters. The zero-order valence-corrected chi connectivity index (χ0v) is 10.1. The highest BCUT2D eigenvalue weighted by Gasteiger charge is 2.37. The Bertz CT molecular complexity index is 265. The molecule has 4 nitrogen and oxygen atoms in total. The van der Waals surface area contributed by atoms with Crippen molar-refractivity contribution in [2.45, 2.75) is 45.3 Å². The van der Waals surface area contributed by atoms with Crippen molar-refractivity contribution in [2.24, 2.45) is 0 Å². The predicted octanol–water partition coefficient (Wildman–Crippen LogP) is 1.86. The summed E-state index contributed by atoms with van der Waals surface area (Å²) in [4.78, 5) is 13.1. The molecule has 0 aliphatic carbocycles. The van der Waals surface area contributed by atoms with Crippen molar-refractivity contribution in [3.05, 3.63) is 12.3 Å². The van der Waals surface area contributed by atoms with Gasteiger partial charge in [-0.25, -0.2) is 0 Å². The molecule has 0 aromatic carbocycles. The lowest BCUT2D eigenvalue weighted by molar-refractivity contribution is -0.142. The largest absolute Gasteiger partial charge is 0.494 e. The Morgan fingerprint density at radius 1 is 1.62 bits per heavy atom. The fourth-order valence-electron chi connectivity index (χ4n) is 2.10. The molecular weight excluding hydrogens is 206 g/mol. The molecule has 92 valence electrons. The molecular formula is C12H21NO3. The van der Waals surface area contributed by atoms with Gasteiger partial charge in [0.15, 0.2) is 0 Å². The third-order valence-electron chi connectivity index (χ3n) is 2.82. The molecule has 1 aliphatic heterocycles. The maximum Gasteiger partial charge on any atom is 0.321 e. The molecule has 2 unspecified atom stereocenters. The van der Waals surface area contributed by atoms with Gasteiger partial charge in [0.05, 0.1) is 5.76 Å². The summed E-state index contributed by atoms with van der Waals surface area (Å²) in [5.41, 5.74) is 0. The zero-order valence-electron chi connectivity index (χ0n) is 10.1. The lowest BCUT2D eigenvalue weighted by atomic mass is 10.2. The van der Waals surface area contributed by atoms with Crippen LogP contribution in [0.2, 0.25) is 0 Å². The number of carboxylic acids is 1. The summed E-state index contributed by atoms with van der Waals surface area (Å²) in [6, 6.07) is -0.393. The van der Waals surface area contributed by atoms with Crippen LogP contribution >= 0.6 is 0 Å². The number of carbonyl (C=O) groups is 1. The van der Waals surface area contributed by atoms with Crippen molar-refractivity contribution < 1.29 is 14.6 Å². The van der Waals surface area contributed by atoms with Crippen LogP contribution < -0.4 is 0 Å². The van der Waals surface area contributed by atoms with Crippen LogP contribution in [-0.4, -0.2) is 41.2 Å². The summed E-state index contributed by atoms with van der Waals surface area (Å²) < 4.78 is 5.50. The SMILES string of the molecule is C=C(C)OC1CC(C(=O)O)N(CCCC)C1. The smallest absolute Gasteiger partial charge is 0.321 e. The van der Waals surface area contributed by atoms with Crippen LogP contribution in [0, 0.1) is 0 Å². The Kier molecular flexibility index (Phi) is 4.80. The van der Waals surface area contributed by atoms with Gasteiger partial charge in [-0.2, -0.15) is 0 Å². The highest BCUT2D eigenvalue weighted by Crippen LogP contribution is 2.22. The first kappa shape index (κ1) is 13.0. The van der Waals surface area contributed by atoms with Crippen LogP contribution in [0.1, 0.15) is 33.1 Å². The fraction of sp³-hybridized carbons (Fsp3) is 0.750. The molecule has 4 heteroatoms. The van der Waals surface area contributed by atoms with E-state index in [1.807, 2.05) is 4.90 Å². The maximum atomic E-state index is 11.1. The second-order valence-electron chi connectivity index (χ2n) is 4.38. The number of carboxylic acid groups (broad SMARTS) is 1. The van der Waals surface area contributed by atoms with Crippen LogP contribution in [0.3, 0.4) is 0 Å². The molecule has 0 aromatic rings. The van der Waals surface area contributed by atoms with Crippen molar-refractivity contribution in [3.8, 4) is 0 Å². The highest BCUT2D eigenvalue weighted by molar-refractivity contribution is 5.74. The summed E-state index contributed by atoms with van der Waals surface area (Å²) in [5.74, 6) is -0.0876. The van der Waals surface area contributed by atoms with Crippen LogP contribution in [0.25, 0.3) is 0 Å². The topological polar surface area (TPSA) is 49.8 Å². The van der Waals surface area contributed by atoms with Gasteiger partial charge in [-0.15, -0.1) is 0 Å². The molecule has 1 rings (SSSR count). The van der Waals surface area contributed by atoms with E-state index in [1.165, 1.54) is 0 Å². The number of hydrogen-bond donors (Lipinski definition) is 1. The lowest BCUT2D eigenvalue weighted by Crippen LogP contribution is -2.36. The Labute approximate surface area is 96.9 Å². The number of likely N-dealkylation sites (tertiary alicyclic amines) is 1. The third kappa shape index (κ3) is 3.52. The van der Waals surface area contributed by atoms with Crippen LogP contribution in [0.15, 0.2) is 12.3 Å². The van der Waals surface area contributed by atoms with Gasteiger partial charge in [-0.3, -0.25) is 9.69 Å². The molecule has 16 heavy (non-hydrogen) atoms. The van der Waals surface area contributed by atoms with Gasteiger partial charge in [0.1, 0.15) is 12.1 Å². The van der Waals surface area contributed by atoms with Gasteiger partial charge in [0.2, 0.25) is 0 Å². The molecule has 1 N–H and O–H groups in total. The van der Waals surface area contributed by atoms with Crippen LogP contribution in [0.5, 0.6) is 0 Å². The second-order valence-corrected chi connectivity index (χ2v) is 4.38. The second kappa shape index (κ2) is 5.89. The van der Waals surface area contributed by atoms with Gasteiger partial charge in [0.25, 0.3) is 0 Å². The van der Waals surface area contributed by atoms with Crippen molar-refractivity contribution in [1.29, 1.82) is 0 Å². The highest BCUT2D eigenvalue weighted by atomic mass is 16.5. The van der Waals surface area contributed by atoms with Gasteiger partial charge in [-0.1, -0.05) is 19.9 Å². The molecule has 0 aromatic heterocycles. The van der Waals surface area contributed by atoms with Crippen molar-refractivity contribution >= 4 is 5.97 Å². The number of rotatable bonds is 6. The first-order valence-corrected chi connectivity index (χ1v) is 5.83. The summed E-state index contributed by atoms with van der Waals surface area (Å²) in [6.07, 6.45) is 2.65. The van der Waals surface area contributed by atoms with E-state index in [0.29, 0.717) is 18.7 Å². The van der Waals surface area contributed by atoms with Gasteiger partial charge < -0.3 is 9.84 Å². The molecule has 1 saturated heterocycles. The minimum absolute atomic E-state index is 0.0181. The van der Waals surface area contributed by atoms with Gasteiger partial charge >= 0.3 is 5.97 Å². The molecule has 0 bridgehead atoms. The van der Waals surface area contributed by atoms with Crippen LogP contribution in [-0.2, 0) is 9.53 Å². The summed E-state index contributed by atoms with van der Waals surface area (Å²) in [6.45, 7) is 9.12. The molecule has 0 spiro atoms. The van der Waals surface area contributed by atoms with Gasteiger partial charge in [0, 0.05) is 13.0 Å². The average molecular weight is 227 g/mol. The minimum Gasteiger partial charge on any atom is -0.494 e. The van der Waals surface area contributed by atoms with E-state index < -0.39 is 12.0 Å². The van der Waals surface area contributed by atoms with E-state index in [-0.39, 0.29) is 6.10 Å². The van der Waals surface area contributed by atoms with E-state index in [0.717, 1.165) is 19.4 Å². The quantitative estimate of drug-likeness (QED) is 0.704. The van der Waals surface area contributed by atoms with E-state index in [4.69, 9.17) is 9.84 Å². The first-order chi connectivity index (χ1) is 7.54. The minimum atomic E-state index is -0.746. The normalized spacial score (nSPS) is 25.6. The van der Waals surface area contributed by atoms with Crippen molar-refractivity contribution in [3.63, 3.8) is 0 Å². The first-order valence-electron chi connectivity index (χ1n) is 5.83. The molecule has 1 fully saturated rings. The standard InChI is InChI=1S/C12H21NO3/c1-4-5-6-13-8-10(16-9(2)3)7-11(13)12(14)15/h10-11H,2,4-8H2,1,3H3,(H,14,15). The summed E-state index contributed by atoms with van der Waals surface area (Å²) >= 11 is 0. The van der Waals surface area contributed by atoms with E-state index in [9.17, 15) is 4.79 Å². The number of unbranched alkanes of at least 4 members (excludes halogenated alkanes) is 1. The molecule has 0 amide bonds. The monoisotopic (exact) mass is 227 g/mol. The van der Waals surface area contributed by atoms with E-state index in [2.05, 4.69) is 13.5 Å². The fourth-order valence-corrected chi connectivity index (χ4v) is 2.10. The Morgan fingerprint density at radius 3 is 2.81 bits per heavy atom. The zero-order chi connectivity index (χ0) is 12.1. The Balaban J connectivity index is 2.53. The molecule has 0 radical (unpaired) electrons. The number of allylic oxidation sites excluding steroid dienone is 1. The molecule has 0 saturated carbocycles. The lowest BCUT2D eigenvalue weighted by Gasteiger charge is -2.20. The number of aliphatic carboxylic acids is 1. The van der Waals surface area contributed by atoms with Crippen molar-refractivity contribution in [1.82, 2.24) is 4.90 Å². The number of ether oxygens (including phenoxy) is 1. The Morgan fingerprint density at radius 2 is 2.31 bits per heavy atom. The summed E-state index contributed by atoms with van der Waals surface area (Å²) in [7, 11) is 0. The predicted molar refractivity (Wildman–Crippen MR) is 62.2 cm³/mol. The third-order valence-corrected chi connectivity index (χ3v) is 2.82. The van der Waals surface area contributed by atoms with E-state index in [1.54, 1.807) is 6.92 Å². The van der Waals surface area contributed by atoms with E-state index >= 15 is 0 Å². The Hall–Kier alpha value is -1.03. The van der Waals surface area contributed by atoms with Crippen molar-refractivity contribution in [2.75, 3.05) is 13.1 Å². The van der Waals surface area contributed by atoms with Crippen LogP contribution in [0.4, 0.5) is 0 Å². The number of hydrogen-bond acceptors (Lipinski definition) is 3. The average Bonchev–Trinajstić information content (AvgIpc) is 2.57. The molecule has 1 heterocycles. The summed E-state index contributed by atoms with van der Waals surface area (Å²) in [5, 5.41) is 9.12. The number of nitrogens with zero attached hydrogens (tertiary/aromatic N) is 1. The molecule has 1 aliphatic rings. The maximum absolute atomic E-state index is 11.1.